The number of aromatic nitrogens is 2. The summed E-state index contributed by atoms with van der Waals surface area (Å²) in [6.07, 6.45) is -0.865. The second-order valence-corrected chi connectivity index (χ2v) is 9.72. The van der Waals surface area contributed by atoms with Crippen LogP contribution >= 0.6 is 0 Å². The summed E-state index contributed by atoms with van der Waals surface area (Å²) in [7, 11) is 0. The van der Waals surface area contributed by atoms with Crippen LogP contribution in [0.2, 0.25) is 0 Å². The molecule has 0 bridgehead atoms. The quantitative estimate of drug-likeness (QED) is 0.286. The van der Waals surface area contributed by atoms with Gasteiger partial charge in [0.25, 0.3) is 5.56 Å². The Hall–Kier alpha value is -4.05. The van der Waals surface area contributed by atoms with E-state index in [2.05, 4.69) is 41.7 Å². The SMILES string of the molecule is O=C(Cc1ccc2ccc3cccc4ccc1c2c34)NCCn1c(=O)ccn([C@@H]2C[C@H](O)[C@@H](CO)O2)c1=O. The van der Waals surface area contributed by atoms with Crippen LogP contribution in [0, 0.1) is 0 Å². The number of benzene rings is 4. The Bertz CT molecular complexity index is 1760. The number of carbonyl (C=O) groups is 1. The van der Waals surface area contributed by atoms with E-state index in [1.807, 2.05) is 18.2 Å². The van der Waals surface area contributed by atoms with Crippen molar-refractivity contribution in [1.82, 2.24) is 14.5 Å². The lowest BCUT2D eigenvalue weighted by molar-refractivity contribution is -0.120. The summed E-state index contributed by atoms with van der Waals surface area (Å²) < 4.78 is 7.80. The fraction of sp³-hybridized carbons (Fsp3) is 0.276. The fourth-order valence-corrected chi connectivity index (χ4v) is 5.50. The molecule has 2 heterocycles. The highest BCUT2D eigenvalue weighted by Crippen LogP contribution is 2.36. The first-order valence-electron chi connectivity index (χ1n) is 12.6. The minimum absolute atomic E-state index is 0.0125. The molecule has 1 saturated heterocycles. The topological polar surface area (TPSA) is 123 Å². The molecule has 38 heavy (non-hydrogen) atoms. The van der Waals surface area contributed by atoms with Gasteiger partial charge in [-0.3, -0.25) is 18.7 Å². The Labute approximate surface area is 216 Å². The molecule has 0 aliphatic carbocycles. The van der Waals surface area contributed by atoms with E-state index in [4.69, 9.17) is 4.74 Å². The van der Waals surface area contributed by atoms with Crippen LogP contribution in [0.5, 0.6) is 0 Å². The summed E-state index contributed by atoms with van der Waals surface area (Å²) >= 11 is 0. The number of carbonyl (C=O) groups excluding carboxylic acids is 1. The zero-order valence-corrected chi connectivity index (χ0v) is 20.5. The van der Waals surface area contributed by atoms with Gasteiger partial charge in [0.1, 0.15) is 12.3 Å². The molecule has 1 amide bonds. The van der Waals surface area contributed by atoms with E-state index in [1.165, 1.54) is 22.2 Å². The summed E-state index contributed by atoms with van der Waals surface area (Å²) in [4.78, 5) is 38.2. The fourth-order valence-electron chi connectivity index (χ4n) is 5.50. The van der Waals surface area contributed by atoms with Crippen molar-refractivity contribution in [3.8, 4) is 0 Å². The van der Waals surface area contributed by atoms with E-state index in [-0.39, 0.29) is 38.4 Å². The van der Waals surface area contributed by atoms with Gasteiger partial charge >= 0.3 is 5.69 Å². The molecule has 5 aromatic rings. The summed E-state index contributed by atoms with van der Waals surface area (Å²) in [5.41, 5.74) is -0.193. The number of hydrogen-bond acceptors (Lipinski definition) is 6. The van der Waals surface area contributed by atoms with Gasteiger partial charge in [0, 0.05) is 31.8 Å². The lowest BCUT2D eigenvalue weighted by Gasteiger charge is -2.16. The first-order chi connectivity index (χ1) is 18.4. The van der Waals surface area contributed by atoms with Crippen LogP contribution in [-0.2, 0) is 22.5 Å². The predicted molar refractivity (Wildman–Crippen MR) is 143 cm³/mol. The van der Waals surface area contributed by atoms with E-state index in [0.29, 0.717) is 0 Å². The van der Waals surface area contributed by atoms with Gasteiger partial charge in [-0.15, -0.1) is 0 Å². The number of amides is 1. The number of aliphatic hydroxyl groups excluding tert-OH is 2. The van der Waals surface area contributed by atoms with E-state index >= 15 is 0 Å². The van der Waals surface area contributed by atoms with Gasteiger partial charge in [0.2, 0.25) is 5.91 Å². The third-order valence-corrected chi connectivity index (χ3v) is 7.42. The van der Waals surface area contributed by atoms with E-state index in [0.717, 1.165) is 37.1 Å². The van der Waals surface area contributed by atoms with Crippen LogP contribution in [-0.4, -0.2) is 50.6 Å². The molecule has 3 N–H and O–H groups in total. The van der Waals surface area contributed by atoms with Gasteiger partial charge in [0.05, 0.1) is 19.1 Å². The molecule has 0 unspecified atom stereocenters. The molecule has 0 spiro atoms. The predicted octanol–water partition coefficient (Wildman–Crippen LogP) is 1.91. The second kappa shape index (κ2) is 9.68. The molecule has 1 fully saturated rings. The monoisotopic (exact) mass is 513 g/mol. The van der Waals surface area contributed by atoms with Gasteiger partial charge in [-0.2, -0.15) is 0 Å². The summed E-state index contributed by atoms with van der Waals surface area (Å²) in [6, 6.07) is 19.8. The highest BCUT2D eigenvalue weighted by molar-refractivity contribution is 6.23. The highest BCUT2D eigenvalue weighted by Gasteiger charge is 2.35. The Morgan fingerprint density at radius 3 is 2.42 bits per heavy atom. The molecule has 3 atom stereocenters. The van der Waals surface area contributed by atoms with E-state index < -0.39 is 29.7 Å². The zero-order valence-electron chi connectivity index (χ0n) is 20.5. The van der Waals surface area contributed by atoms with Crippen LogP contribution in [0.1, 0.15) is 18.2 Å². The van der Waals surface area contributed by atoms with Crippen molar-refractivity contribution in [3.63, 3.8) is 0 Å². The molecule has 194 valence electrons. The lowest BCUT2D eigenvalue weighted by atomic mass is 9.91. The third kappa shape index (κ3) is 4.14. The second-order valence-electron chi connectivity index (χ2n) is 9.72. The molecule has 1 aliphatic rings. The Balaban J connectivity index is 1.18. The number of nitrogens with one attached hydrogen (secondary N) is 1. The molecule has 0 saturated carbocycles. The van der Waals surface area contributed by atoms with Crippen LogP contribution in [0.15, 0.2) is 76.4 Å². The lowest BCUT2D eigenvalue weighted by Crippen LogP contribution is -2.43. The molecule has 4 aromatic carbocycles. The van der Waals surface area contributed by atoms with Crippen molar-refractivity contribution >= 4 is 38.2 Å². The normalized spacial score (nSPS) is 19.6. The molecule has 0 radical (unpaired) electrons. The molecule has 1 aromatic heterocycles. The Morgan fingerprint density at radius 2 is 1.68 bits per heavy atom. The summed E-state index contributed by atoms with van der Waals surface area (Å²) in [6.45, 7) is -0.289. The number of nitrogens with zero attached hydrogens (tertiary/aromatic N) is 2. The van der Waals surface area contributed by atoms with Crippen molar-refractivity contribution in [2.75, 3.05) is 13.2 Å². The number of aliphatic hydroxyl groups is 2. The van der Waals surface area contributed by atoms with Crippen LogP contribution in [0.3, 0.4) is 0 Å². The number of hydrogen-bond donors (Lipinski definition) is 3. The van der Waals surface area contributed by atoms with Crippen LogP contribution < -0.4 is 16.6 Å². The van der Waals surface area contributed by atoms with Gasteiger partial charge in [-0.05, 0) is 37.9 Å². The van der Waals surface area contributed by atoms with Gasteiger partial charge in [-0.25, -0.2) is 4.79 Å². The smallest absolute Gasteiger partial charge is 0.333 e. The molecule has 9 heteroatoms. The zero-order chi connectivity index (χ0) is 26.4. The van der Waals surface area contributed by atoms with Crippen molar-refractivity contribution in [2.24, 2.45) is 0 Å². The van der Waals surface area contributed by atoms with E-state index in [9.17, 15) is 24.6 Å². The third-order valence-electron chi connectivity index (χ3n) is 7.42. The van der Waals surface area contributed by atoms with E-state index in [1.54, 1.807) is 0 Å². The average Bonchev–Trinajstić information content (AvgIpc) is 3.30. The summed E-state index contributed by atoms with van der Waals surface area (Å²) in [5.74, 6) is -0.211. The van der Waals surface area contributed by atoms with Crippen LogP contribution in [0.4, 0.5) is 0 Å². The maximum absolute atomic E-state index is 12.9. The standard InChI is InChI=1S/C29H27N3O6/c33-16-23-22(34)15-26(38-23)32-12-10-25(36)31(29(32)37)13-11-30-24(35)14-20-7-6-19-5-4-17-2-1-3-18-8-9-21(20)28(19)27(17)18/h1-10,12,22-23,26,33-34H,11,13-16H2,(H,30,35)/t22-,23+,26-/m0/s1. The van der Waals surface area contributed by atoms with Gasteiger partial charge < -0.3 is 20.3 Å². The van der Waals surface area contributed by atoms with Crippen LogP contribution in [0.25, 0.3) is 32.3 Å². The molecule has 6 rings (SSSR count). The maximum atomic E-state index is 12.9. The van der Waals surface area contributed by atoms with Crippen molar-refractivity contribution in [3.05, 3.63) is 93.3 Å². The minimum Gasteiger partial charge on any atom is -0.394 e. The number of ether oxygens (including phenoxy) is 1. The van der Waals surface area contributed by atoms with Gasteiger partial charge in [-0.1, -0.05) is 54.6 Å². The molecular weight excluding hydrogens is 486 g/mol. The molecule has 9 nitrogen and oxygen atoms in total. The number of rotatable bonds is 7. The first kappa shape index (κ1) is 24.3. The maximum Gasteiger partial charge on any atom is 0.333 e. The average molecular weight is 514 g/mol. The first-order valence-corrected chi connectivity index (χ1v) is 12.6. The summed E-state index contributed by atoms with van der Waals surface area (Å²) in [5, 5.41) is 28.9. The largest absolute Gasteiger partial charge is 0.394 e. The highest BCUT2D eigenvalue weighted by atomic mass is 16.5. The molecule has 1 aliphatic heterocycles. The van der Waals surface area contributed by atoms with Gasteiger partial charge in [0.15, 0.2) is 0 Å². The van der Waals surface area contributed by atoms with Crippen molar-refractivity contribution in [2.45, 2.75) is 37.8 Å². The Kier molecular flexibility index (Phi) is 6.19. The Morgan fingerprint density at radius 1 is 0.974 bits per heavy atom. The minimum atomic E-state index is -0.906. The van der Waals surface area contributed by atoms with Crippen molar-refractivity contribution in [1.29, 1.82) is 0 Å². The van der Waals surface area contributed by atoms with Crippen molar-refractivity contribution < 1.29 is 19.7 Å². The molecular formula is C29H27N3O6.